The summed E-state index contributed by atoms with van der Waals surface area (Å²) < 4.78 is 5.42. The smallest absolute Gasteiger partial charge is 0.410 e. The summed E-state index contributed by atoms with van der Waals surface area (Å²) >= 11 is 0. The lowest BCUT2D eigenvalue weighted by atomic mass is 9.98. The molecule has 2 atom stereocenters. The predicted molar refractivity (Wildman–Crippen MR) is 79.7 cm³/mol. The van der Waals surface area contributed by atoms with Gasteiger partial charge in [-0.25, -0.2) is 4.79 Å². The normalized spacial score (nSPS) is 21.6. The van der Waals surface area contributed by atoms with Crippen LogP contribution >= 0.6 is 0 Å². The second-order valence-electron chi connectivity index (χ2n) is 6.76. The quantitative estimate of drug-likeness (QED) is 0.811. The van der Waals surface area contributed by atoms with E-state index in [-0.39, 0.29) is 12.7 Å². The minimum Gasteiger partial charge on any atom is -0.444 e. The Morgan fingerprint density at radius 3 is 2.80 bits per heavy atom. The number of piperidine rings is 1. The number of nitrogens with zero attached hydrogens (tertiary/aromatic N) is 1. The van der Waals surface area contributed by atoms with Crippen LogP contribution in [0, 0.1) is 5.92 Å². The van der Waals surface area contributed by atoms with E-state index in [2.05, 4.69) is 12.2 Å². The van der Waals surface area contributed by atoms with Gasteiger partial charge in [-0.05, 0) is 59.4 Å². The number of rotatable bonds is 5. The molecule has 1 aliphatic heterocycles. The van der Waals surface area contributed by atoms with Gasteiger partial charge in [-0.3, -0.25) is 0 Å². The topological polar surface area (TPSA) is 61.8 Å². The lowest BCUT2D eigenvalue weighted by molar-refractivity contribution is 0.0165. The van der Waals surface area contributed by atoms with Gasteiger partial charge in [0.15, 0.2) is 0 Å². The van der Waals surface area contributed by atoms with Crippen LogP contribution in [0.15, 0.2) is 0 Å². The van der Waals surface area contributed by atoms with Crippen molar-refractivity contribution in [2.24, 2.45) is 5.92 Å². The highest BCUT2D eigenvalue weighted by Crippen LogP contribution is 2.19. The molecule has 0 radical (unpaired) electrons. The standard InChI is InChI=1S/C15H30N2O3/c1-12(7-9-18)16-10-13-6-5-8-17(11-13)14(19)20-15(2,3)4/h12-13,16,18H,5-11H2,1-4H3/t12-,13?/m1/s1. The molecule has 0 aromatic carbocycles. The van der Waals surface area contributed by atoms with E-state index in [4.69, 9.17) is 9.84 Å². The Morgan fingerprint density at radius 2 is 2.20 bits per heavy atom. The van der Waals surface area contributed by atoms with Crippen molar-refractivity contribution < 1.29 is 14.6 Å². The van der Waals surface area contributed by atoms with E-state index < -0.39 is 5.60 Å². The summed E-state index contributed by atoms with van der Waals surface area (Å²) in [5, 5.41) is 12.3. The van der Waals surface area contributed by atoms with Crippen LogP contribution in [0.5, 0.6) is 0 Å². The zero-order valence-corrected chi connectivity index (χ0v) is 13.3. The number of hydrogen-bond donors (Lipinski definition) is 2. The molecule has 1 amide bonds. The molecule has 20 heavy (non-hydrogen) atoms. The van der Waals surface area contributed by atoms with E-state index in [0.717, 1.165) is 38.9 Å². The molecule has 0 aromatic rings. The van der Waals surface area contributed by atoms with Crippen molar-refractivity contribution in [2.75, 3.05) is 26.2 Å². The van der Waals surface area contributed by atoms with Gasteiger partial charge >= 0.3 is 6.09 Å². The Morgan fingerprint density at radius 1 is 1.50 bits per heavy atom. The summed E-state index contributed by atoms with van der Waals surface area (Å²) in [5.74, 6) is 0.470. The van der Waals surface area contributed by atoms with E-state index in [9.17, 15) is 4.79 Å². The van der Waals surface area contributed by atoms with Gasteiger partial charge in [0.05, 0.1) is 0 Å². The van der Waals surface area contributed by atoms with Crippen molar-refractivity contribution in [3.63, 3.8) is 0 Å². The molecule has 0 aliphatic carbocycles. The van der Waals surface area contributed by atoms with E-state index in [0.29, 0.717) is 12.0 Å². The lowest BCUT2D eigenvalue weighted by Gasteiger charge is -2.34. The van der Waals surface area contributed by atoms with Crippen LogP contribution < -0.4 is 5.32 Å². The Bertz CT molecular complexity index is 302. The van der Waals surface area contributed by atoms with Gasteiger partial charge in [0.1, 0.15) is 5.60 Å². The van der Waals surface area contributed by atoms with Crippen molar-refractivity contribution in [3.8, 4) is 0 Å². The number of aliphatic hydroxyl groups excluding tert-OH is 1. The Hall–Kier alpha value is -0.810. The molecular formula is C15H30N2O3. The second kappa shape index (κ2) is 7.84. The maximum absolute atomic E-state index is 12.1. The summed E-state index contributed by atoms with van der Waals surface area (Å²) in [6, 6.07) is 0.317. The van der Waals surface area contributed by atoms with Crippen LogP contribution in [-0.2, 0) is 4.74 Å². The molecule has 5 heteroatoms. The van der Waals surface area contributed by atoms with Gasteiger partial charge in [0.25, 0.3) is 0 Å². The molecule has 1 heterocycles. The fourth-order valence-corrected chi connectivity index (χ4v) is 2.39. The van der Waals surface area contributed by atoms with E-state index in [1.807, 2.05) is 25.7 Å². The number of hydrogen-bond acceptors (Lipinski definition) is 4. The third kappa shape index (κ3) is 6.57. The summed E-state index contributed by atoms with van der Waals surface area (Å²) in [4.78, 5) is 13.9. The van der Waals surface area contributed by atoms with Crippen molar-refractivity contribution in [3.05, 3.63) is 0 Å². The van der Waals surface area contributed by atoms with Gasteiger partial charge in [-0.15, -0.1) is 0 Å². The van der Waals surface area contributed by atoms with Gasteiger partial charge < -0.3 is 20.1 Å². The Balaban J connectivity index is 2.36. The molecular weight excluding hydrogens is 256 g/mol. The summed E-state index contributed by atoms with van der Waals surface area (Å²) in [6.45, 7) is 10.4. The van der Waals surface area contributed by atoms with Crippen molar-refractivity contribution >= 4 is 6.09 Å². The number of aliphatic hydroxyl groups is 1. The van der Waals surface area contributed by atoms with E-state index in [1.54, 1.807) is 0 Å². The third-order valence-corrected chi connectivity index (χ3v) is 3.49. The Labute approximate surface area is 122 Å². The highest BCUT2D eigenvalue weighted by Gasteiger charge is 2.27. The molecule has 1 rings (SSSR count). The highest BCUT2D eigenvalue weighted by atomic mass is 16.6. The maximum Gasteiger partial charge on any atom is 0.410 e. The molecule has 118 valence electrons. The molecule has 0 bridgehead atoms. The average molecular weight is 286 g/mol. The fourth-order valence-electron chi connectivity index (χ4n) is 2.39. The monoisotopic (exact) mass is 286 g/mol. The van der Waals surface area contributed by atoms with Crippen LogP contribution in [0.3, 0.4) is 0 Å². The third-order valence-electron chi connectivity index (χ3n) is 3.49. The van der Waals surface area contributed by atoms with E-state index in [1.165, 1.54) is 0 Å². The lowest BCUT2D eigenvalue weighted by Crippen LogP contribution is -2.45. The minimum absolute atomic E-state index is 0.203. The molecule has 0 saturated carbocycles. The first-order valence-corrected chi connectivity index (χ1v) is 7.64. The van der Waals surface area contributed by atoms with Crippen molar-refractivity contribution in [1.29, 1.82) is 0 Å². The van der Waals surface area contributed by atoms with Crippen LogP contribution in [0.25, 0.3) is 0 Å². The minimum atomic E-state index is -0.433. The molecule has 0 aromatic heterocycles. The van der Waals surface area contributed by atoms with Crippen LogP contribution in [0.2, 0.25) is 0 Å². The van der Waals surface area contributed by atoms with Gasteiger partial charge in [0, 0.05) is 25.7 Å². The predicted octanol–water partition coefficient (Wildman–Crippen LogP) is 1.99. The number of amides is 1. The summed E-state index contributed by atoms with van der Waals surface area (Å²) in [7, 11) is 0. The molecule has 1 unspecified atom stereocenters. The van der Waals surface area contributed by atoms with Gasteiger partial charge in [0.2, 0.25) is 0 Å². The number of likely N-dealkylation sites (tertiary alicyclic amines) is 1. The first-order valence-electron chi connectivity index (χ1n) is 7.64. The van der Waals surface area contributed by atoms with Crippen LogP contribution in [0.4, 0.5) is 4.79 Å². The van der Waals surface area contributed by atoms with Crippen molar-refractivity contribution in [1.82, 2.24) is 10.2 Å². The SMILES string of the molecule is C[C@H](CCO)NCC1CCCN(C(=O)OC(C)(C)C)C1. The zero-order valence-electron chi connectivity index (χ0n) is 13.3. The highest BCUT2D eigenvalue weighted by molar-refractivity contribution is 5.68. The molecule has 5 nitrogen and oxygen atoms in total. The number of carbonyl (C=O) groups is 1. The van der Waals surface area contributed by atoms with Crippen LogP contribution in [-0.4, -0.2) is 54.0 Å². The van der Waals surface area contributed by atoms with Crippen LogP contribution in [0.1, 0.15) is 47.0 Å². The van der Waals surface area contributed by atoms with Gasteiger partial charge in [-0.1, -0.05) is 0 Å². The summed E-state index contributed by atoms with van der Waals surface area (Å²) in [5.41, 5.74) is -0.433. The van der Waals surface area contributed by atoms with Crippen molar-refractivity contribution in [2.45, 2.75) is 58.6 Å². The Kier molecular flexibility index (Phi) is 6.76. The van der Waals surface area contributed by atoms with Gasteiger partial charge in [-0.2, -0.15) is 0 Å². The molecule has 1 saturated heterocycles. The number of ether oxygens (including phenoxy) is 1. The first kappa shape index (κ1) is 17.2. The molecule has 0 spiro atoms. The summed E-state index contributed by atoms with van der Waals surface area (Å²) in [6.07, 6.45) is 2.73. The van der Waals surface area contributed by atoms with E-state index >= 15 is 0 Å². The average Bonchev–Trinajstić information content (AvgIpc) is 2.35. The molecule has 1 fully saturated rings. The zero-order chi connectivity index (χ0) is 15.2. The molecule has 2 N–H and O–H groups in total. The second-order valence-corrected chi connectivity index (χ2v) is 6.76. The molecule has 1 aliphatic rings. The largest absolute Gasteiger partial charge is 0.444 e. The number of nitrogens with one attached hydrogen (secondary N) is 1. The number of carbonyl (C=O) groups excluding carboxylic acids is 1. The maximum atomic E-state index is 12.1. The fraction of sp³-hybridized carbons (Fsp3) is 0.933. The first-order chi connectivity index (χ1) is 9.31.